The maximum absolute atomic E-state index is 3.95. The first kappa shape index (κ1) is 31.0. The van der Waals surface area contributed by atoms with Crippen LogP contribution in [0.3, 0.4) is 0 Å². The molecule has 1 aliphatic carbocycles. The van der Waals surface area contributed by atoms with Gasteiger partial charge in [0.25, 0.3) is 0 Å². The van der Waals surface area contributed by atoms with E-state index in [0.717, 1.165) is 26.2 Å². The van der Waals surface area contributed by atoms with Crippen molar-refractivity contribution in [2.45, 2.75) is 91.5 Å². The molecule has 43 heavy (non-hydrogen) atoms. The second kappa shape index (κ2) is 14.3. The molecule has 1 unspecified atom stereocenters. The minimum Gasteiger partial charge on any atom is -0.382 e. The van der Waals surface area contributed by atoms with E-state index in [2.05, 4.69) is 136 Å². The SMILES string of the molecule is CCN(CC)c1ccc(C(c2ccc(N(CC)CC)cc2C(C)C)c2ccc(NC3CCCCC3)c3ccccc23)cc1. The molecule has 0 radical (unpaired) electrons. The Morgan fingerprint density at radius 3 is 1.84 bits per heavy atom. The summed E-state index contributed by atoms with van der Waals surface area (Å²) in [5.74, 6) is 0.559. The quantitative estimate of drug-likeness (QED) is 0.170. The highest BCUT2D eigenvalue weighted by atomic mass is 15.1. The fourth-order valence-electron chi connectivity index (χ4n) is 7.27. The van der Waals surface area contributed by atoms with E-state index in [0.29, 0.717) is 12.0 Å². The molecule has 0 bridgehead atoms. The molecule has 1 saturated carbocycles. The Labute approximate surface area is 261 Å². The molecule has 3 nitrogen and oxygen atoms in total. The minimum absolute atomic E-state index is 0.141. The molecule has 5 rings (SSSR count). The number of hydrogen-bond acceptors (Lipinski definition) is 3. The zero-order valence-electron chi connectivity index (χ0n) is 27.5. The van der Waals surface area contributed by atoms with E-state index in [-0.39, 0.29) is 5.92 Å². The summed E-state index contributed by atoms with van der Waals surface area (Å²) in [5.41, 5.74) is 9.50. The third kappa shape index (κ3) is 6.71. The Morgan fingerprint density at radius 2 is 1.21 bits per heavy atom. The topological polar surface area (TPSA) is 18.5 Å². The highest BCUT2D eigenvalue weighted by Crippen LogP contribution is 2.42. The average molecular weight is 576 g/mol. The molecule has 3 heteroatoms. The van der Waals surface area contributed by atoms with Crippen LogP contribution in [0, 0.1) is 0 Å². The van der Waals surface area contributed by atoms with Gasteiger partial charge in [-0.1, -0.05) is 81.6 Å². The zero-order chi connectivity index (χ0) is 30.3. The average Bonchev–Trinajstić information content (AvgIpc) is 3.05. The molecule has 1 fully saturated rings. The number of fused-ring (bicyclic) bond motifs is 1. The Bertz CT molecular complexity index is 1460. The summed E-state index contributed by atoms with van der Waals surface area (Å²) in [6.07, 6.45) is 6.59. The normalized spacial score (nSPS) is 14.7. The molecule has 1 aliphatic rings. The molecule has 1 N–H and O–H groups in total. The van der Waals surface area contributed by atoms with Gasteiger partial charge >= 0.3 is 0 Å². The first-order valence-electron chi connectivity index (χ1n) is 17.0. The van der Waals surface area contributed by atoms with Crippen LogP contribution in [0.2, 0.25) is 0 Å². The van der Waals surface area contributed by atoms with Crippen LogP contribution in [-0.2, 0) is 0 Å². The Morgan fingerprint density at radius 1 is 0.628 bits per heavy atom. The number of nitrogens with one attached hydrogen (secondary N) is 1. The molecule has 0 saturated heterocycles. The molecule has 1 atom stereocenters. The van der Waals surface area contributed by atoms with Crippen LogP contribution in [-0.4, -0.2) is 32.2 Å². The number of nitrogens with zero attached hydrogens (tertiary/aromatic N) is 2. The molecular formula is C40H53N3. The molecular weight excluding hydrogens is 522 g/mol. The number of anilines is 3. The lowest BCUT2D eigenvalue weighted by Gasteiger charge is -2.29. The van der Waals surface area contributed by atoms with E-state index in [9.17, 15) is 0 Å². The standard InChI is InChI=1S/C40H53N3/c1-7-42(8-2)32-22-20-30(21-23-32)40(37-25-24-33(43(9-3)10-4)28-38(37)29(5)6)36-26-27-39(35-19-15-14-18-34(35)36)41-31-16-12-11-13-17-31/h14-15,18-29,31,40-41H,7-13,16-17H2,1-6H3. The monoisotopic (exact) mass is 575 g/mol. The summed E-state index contributed by atoms with van der Waals surface area (Å²) < 4.78 is 0. The van der Waals surface area contributed by atoms with Crippen molar-refractivity contribution >= 4 is 27.8 Å². The molecule has 0 heterocycles. The fourth-order valence-corrected chi connectivity index (χ4v) is 7.27. The van der Waals surface area contributed by atoms with Crippen molar-refractivity contribution in [1.29, 1.82) is 0 Å². The third-order valence-corrected chi connectivity index (χ3v) is 9.72. The van der Waals surface area contributed by atoms with Gasteiger partial charge in [-0.15, -0.1) is 0 Å². The van der Waals surface area contributed by atoms with Gasteiger partial charge in [0, 0.05) is 60.6 Å². The summed E-state index contributed by atoms with van der Waals surface area (Å²) in [6, 6.07) is 31.1. The van der Waals surface area contributed by atoms with E-state index in [1.807, 2.05) is 0 Å². The summed E-state index contributed by atoms with van der Waals surface area (Å²) in [7, 11) is 0. The van der Waals surface area contributed by atoms with E-state index >= 15 is 0 Å². The molecule has 0 aliphatic heterocycles. The van der Waals surface area contributed by atoms with Crippen molar-refractivity contribution in [2.24, 2.45) is 0 Å². The van der Waals surface area contributed by atoms with Crippen LogP contribution in [0.5, 0.6) is 0 Å². The minimum atomic E-state index is 0.141. The predicted molar refractivity (Wildman–Crippen MR) is 189 cm³/mol. The van der Waals surface area contributed by atoms with E-state index in [1.165, 1.54) is 82.2 Å². The number of hydrogen-bond donors (Lipinski definition) is 1. The van der Waals surface area contributed by atoms with Crippen molar-refractivity contribution in [3.8, 4) is 0 Å². The Kier molecular flexibility index (Phi) is 10.3. The van der Waals surface area contributed by atoms with Gasteiger partial charge in [-0.25, -0.2) is 0 Å². The second-order valence-corrected chi connectivity index (χ2v) is 12.6. The maximum Gasteiger partial charge on any atom is 0.0422 e. The Balaban J connectivity index is 1.68. The third-order valence-electron chi connectivity index (χ3n) is 9.72. The predicted octanol–water partition coefficient (Wildman–Crippen LogP) is 10.6. The van der Waals surface area contributed by atoms with Gasteiger partial charge in [0.1, 0.15) is 0 Å². The second-order valence-electron chi connectivity index (χ2n) is 12.6. The van der Waals surface area contributed by atoms with Crippen molar-refractivity contribution in [3.05, 3.63) is 101 Å². The molecule has 4 aromatic rings. The highest BCUT2D eigenvalue weighted by molar-refractivity contribution is 5.97. The molecule has 0 spiro atoms. The van der Waals surface area contributed by atoms with Gasteiger partial charge < -0.3 is 15.1 Å². The number of rotatable bonds is 12. The van der Waals surface area contributed by atoms with E-state index < -0.39 is 0 Å². The molecule has 0 aromatic heterocycles. The van der Waals surface area contributed by atoms with Crippen LogP contribution < -0.4 is 15.1 Å². The smallest absolute Gasteiger partial charge is 0.0422 e. The van der Waals surface area contributed by atoms with E-state index in [4.69, 9.17) is 0 Å². The molecule has 0 amide bonds. The largest absolute Gasteiger partial charge is 0.382 e. The van der Waals surface area contributed by atoms with Crippen LogP contribution in [0.25, 0.3) is 10.8 Å². The van der Waals surface area contributed by atoms with Crippen molar-refractivity contribution in [3.63, 3.8) is 0 Å². The fraction of sp³-hybridized carbons (Fsp3) is 0.450. The zero-order valence-corrected chi connectivity index (χ0v) is 27.5. The lowest BCUT2D eigenvalue weighted by molar-refractivity contribution is 0.463. The molecule has 4 aromatic carbocycles. The van der Waals surface area contributed by atoms with Gasteiger partial charge in [-0.05, 0) is 104 Å². The number of benzene rings is 4. The summed E-state index contributed by atoms with van der Waals surface area (Å²) >= 11 is 0. The van der Waals surface area contributed by atoms with Gasteiger partial charge in [0.15, 0.2) is 0 Å². The van der Waals surface area contributed by atoms with Gasteiger partial charge in [-0.2, -0.15) is 0 Å². The van der Waals surface area contributed by atoms with E-state index in [1.54, 1.807) is 0 Å². The van der Waals surface area contributed by atoms with Crippen LogP contribution >= 0.6 is 0 Å². The first-order chi connectivity index (χ1) is 21.0. The maximum atomic E-state index is 3.95. The molecule has 228 valence electrons. The van der Waals surface area contributed by atoms with Crippen LogP contribution in [0.15, 0.2) is 78.9 Å². The van der Waals surface area contributed by atoms with Crippen molar-refractivity contribution in [1.82, 2.24) is 0 Å². The highest BCUT2D eigenvalue weighted by Gasteiger charge is 2.25. The van der Waals surface area contributed by atoms with Gasteiger partial charge in [0.2, 0.25) is 0 Å². The lowest BCUT2D eigenvalue weighted by atomic mass is 9.78. The first-order valence-corrected chi connectivity index (χ1v) is 17.0. The lowest BCUT2D eigenvalue weighted by Crippen LogP contribution is -2.23. The van der Waals surface area contributed by atoms with Gasteiger partial charge in [-0.3, -0.25) is 0 Å². The van der Waals surface area contributed by atoms with Crippen LogP contribution in [0.1, 0.15) is 108 Å². The van der Waals surface area contributed by atoms with Gasteiger partial charge in [0.05, 0.1) is 0 Å². The van der Waals surface area contributed by atoms with Crippen molar-refractivity contribution in [2.75, 3.05) is 41.3 Å². The Hall–Kier alpha value is -3.46. The van der Waals surface area contributed by atoms with Crippen molar-refractivity contribution < 1.29 is 0 Å². The summed E-state index contributed by atoms with van der Waals surface area (Å²) in [6.45, 7) is 17.7. The summed E-state index contributed by atoms with van der Waals surface area (Å²) in [5, 5.41) is 6.64. The summed E-state index contributed by atoms with van der Waals surface area (Å²) in [4.78, 5) is 4.89. The van der Waals surface area contributed by atoms with Crippen LogP contribution in [0.4, 0.5) is 17.1 Å².